The van der Waals surface area contributed by atoms with Crippen molar-refractivity contribution in [2.75, 3.05) is 0 Å². The second-order valence-corrected chi connectivity index (χ2v) is 4.53. The van der Waals surface area contributed by atoms with E-state index in [0.29, 0.717) is 6.42 Å². The van der Waals surface area contributed by atoms with E-state index in [1.54, 1.807) is 12.1 Å². The minimum atomic E-state index is -0.473. The second-order valence-electron chi connectivity index (χ2n) is 3.68. The predicted octanol–water partition coefficient (Wildman–Crippen LogP) is 2.22. The first-order chi connectivity index (χ1) is 6.09. The normalized spacial score (nSPS) is 18.6. The second kappa shape index (κ2) is 3.00. The molecule has 2 rings (SSSR count). The van der Waals surface area contributed by atoms with Crippen molar-refractivity contribution in [1.29, 1.82) is 0 Å². The lowest BCUT2D eigenvalue weighted by Crippen LogP contribution is -2.10. The van der Waals surface area contributed by atoms with Gasteiger partial charge in [-0.3, -0.25) is 0 Å². The minimum absolute atomic E-state index is 0.249. The van der Waals surface area contributed by atoms with Crippen LogP contribution in [0.15, 0.2) is 22.7 Å². The molecule has 1 saturated carbocycles. The number of rotatable bonds is 2. The number of halogens is 1. The van der Waals surface area contributed by atoms with Crippen LogP contribution in [0.4, 0.5) is 0 Å². The van der Waals surface area contributed by atoms with E-state index in [0.717, 1.165) is 22.9 Å². The highest BCUT2D eigenvalue weighted by molar-refractivity contribution is 9.10. The zero-order valence-corrected chi connectivity index (χ0v) is 8.71. The van der Waals surface area contributed by atoms with Gasteiger partial charge in [0.05, 0.1) is 5.60 Å². The van der Waals surface area contributed by atoms with Gasteiger partial charge >= 0.3 is 0 Å². The number of phenols is 1. The maximum absolute atomic E-state index is 9.69. The van der Waals surface area contributed by atoms with Gasteiger partial charge in [-0.1, -0.05) is 22.0 Å². The number of aromatic hydroxyl groups is 1. The lowest BCUT2D eigenvalue weighted by molar-refractivity contribution is 0.150. The van der Waals surface area contributed by atoms with Crippen LogP contribution in [0.3, 0.4) is 0 Å². The van der Waals surface area contributed by atoms with Gasteiger partial charge in [0.25, 0.3) is 0 Å². The molecule has 0 heterocycles. The average molecular weight is 243 g/mol. The summed E-state index contributed by atoms with van der Waals surface area (Å²) in [5.74, 6) is 0.249. The molecule has 70 valence electrons. The van der Waals surface area contributed by atoms with Crippen molar-refractivity contribution in [3.8, 4) is 5.75 Å². The molecule has 0 radical (unpaired) electrons. The Balaban J connectivity index is 2.20. The fraction of sp³-hybridized carbons (Fsp3) is 0.400. The molecule has 3 heteroatoms. The fourth-order valence-corrected chi connectivity index (χ4v) is 1.86. The highest BCUT2D eigenvalue weighted by atomic mass is 79.9. The number of hydrogen-bond acceptors (Lipinski definition) is 2. The molecule has 0 saturated heterocycles. The van der Waals surface area contributed by atoms with Crippen LogP contribution in [0.2, 0.25) is 0 Å². The number of hydrogen-bond donors (Lipinski definition) is 2. The van der Waals surface area contributed by atoms with Gasteiger partial charge < -0.3 is 10.2 Å². The Morgan fingerprint density at radius 2 is 2.08 bits per heavy atom. The molecular weight excluding hydrogens is 232 g/mol. The molecule has 0 spiro atoms. The SMILES string of the molecule is Oc1ccc(CC2(O)CC2)c(Br)c1. The Morgan fingerprint density at radius 3 is 2.62 bits per heavy atom. The molecule has 1 aliphatic rings. The van der Waals surface area contributed by atoms with Gasteiger partial charge in [-0.15, -0.1) is 0 Å². The standard InChI is InChI=1S/C10H11BrO2/c11-9-5-8(12)2-1-7(9)6-10(13)3-4-10/h1-2,5,12-13H,3-4,6H2. The Bertz CT molecular complexity index is 332. The summed E-state index contributed by atoms with van der Waals surface area (Å²) in [5, 5.41) is 18.9. The Morgan fingerprint density at radius 1 is 1.38 bits per heavy atom. The van der Waals surface area contributed by atoms with Gasteiger partial charge in [-0.2, -0.15) is 0 Å². The summed E-state index contributed by atoms with van der Waals surface area (Å²) in [6.07, 6.45) is 2.45. The average Bonchev–Trinajstić information content (AvgIpc) is 2.75. The summed E-state index contributed by atoms with van der Waals surface area (Å²) in [5.41, 5.74) is 0.581. The Labute approximate surface area is 85.3 Å². The van der Waals surface area contributed by atoms with Crippen molar-refractivity contribution in [2.24, 2.45) is 0 Å². The molecule has 1 aliphatic carbocycles. The van der Waals surface area contributed by atoms with Gasteiger partial charge in [0, 0.05) is 10.9 Å². The van der Waals surface area contributed by atoms with E-state index in [-0.39, 0.29) is 5.75 Å². The van der Waals surface area contributed by atoms with Crippen molar-refractivity contribution in [3.05, 3.63) is 28.2 Å². The van der Waals surface area contributed by atoms with E-state index in [2.05, 4.69) is 15.9 Å². The molecule has 0 amide bonds. The van der Waals surface area contributed by atoms with Crippen LogP contribution < -0.4 is 0 Å². The van der Waals surface area contributed by atoms with Gasteiger partial charge in [0.2, 0.25) is 0 Å². The topological polar surface area (TPSA) is 40.5 Å². The summed E-state index contributed by atoms with van der Waals surface area (Å²) in [6, 6.07) is 5.14. The van der Waals surface area contributed by atoms with Crippen molar-refractivity contribution in [1.82, 2.24) is 0 Å². The van der Waals surface area contributed by atoms with Gasteiger partial charge in [0.15, 0.2) is 0 Å². The summed E-state index contributed by atoms with van der Waals surface area (Å²) in [7, 11) is 0. The summed E-state index contributed by atoms with van der Waals surface area (Å²) in [4.78, 5) is 0. The molecule has 0 unspecified atom stereocenters. The van der Waals surface area contributed by atoms with Crippen LogP contribution in [0.5, 0.6) is 5.75 Å². The first kappa shape index (κ1) is 9.03. The van der Waals surface area contributed by atoms with E-state index in [1.165, 1.54) is 0 Å². The van der Waals surface area contributed by atoms with E-state index in [9.17, 15) is 5.11 Å². The summed E-state index contributed by atoms with van der Waals surface area (Å²) >= 11 is 3.36. The lowest BCUT2D eigenvalue weighted by atomic mass is 10.1. The van der Waals surface area contributed by atoms with Gasteiger partial charge in [-0.25, -0.2) is 0 Å². The van der Waals surface area contributed by atoms with Crippen molar-refractivity contribution in [2.45, 2.75) is 24.9 Å². The van der Waals surface area contributed by atoms with E-state index >= 15 is 0 Å². The van der Waals surface area contributed by atoms with Gasteiger partial charge in [-0.05, 0) is 30.5 Å². The monoisotopic (exact) mass is 242 g/mol. The third kappa shape index (κ3) is 2.03. The quantitative estimate of drug-likeness (QED) is 0.836. The van der Waals surface area contributed by atoms with Crippen molar-refractivity contribution < 1.29 is 10.2 Å². The van der Waals surface area contributed by atoms with Crippen LogP contribution in [-0.2, 0) is 6.42 Å². The van der Waals surface area contributed by atoms with Crippen LogP contribution in [0.1, 0.15) is 18.4 Å². The maximum atomic E-state index is 9.69. The molecule has 1 aromatic carbocycles. The van der Waals surface area contributed by atoms with Crippen molar-refractivity contribution in [3.63, 3.8) is 0 Å². The maximum Gasteiger partial charge on any atom is 0.116 e. The van der Waals surface area contributed by atoms with Gasteiger partial charge in [0.1, 0.15) is 5.75 Å². The van der Waals surface area contributed by atoms with Crippen LogP contribution in [0, 0.1) is 0 Å². The summed E-state index contributed by atoms with van der Waals surface area (Å²) < 4.78 is 0.868. The molecule has 13 heavy (non-hydrogen) atoms. The fourth-order valence-electron chi connectivity index (χ4n) is 1.36. The minimum Gasteiger partial charge on any atom is -0.508 e. The molecule has 2 N–H and O–H groups in total. The molecule has 0 aliphatic heterocycles. The lowest BCUT2D eigenvalue weighted by Gasteiger charge is -2.09. The van der Waals surface area contributed by atoms with Crippen molar-refractivity contribution >= 4 is 15.9 Å². The van der Waals surface area contributed by atoms with Crippen LogP contribution in [-0.4, -0.2) is 15.8 Å². The predicted molar refractivity (Wildman–Crippen MR) is 53.7 cm³/mol. The number of phenolic OH excluding ortho intramolecular Hbond substituents is 1. The number of benzene rings is 1. The third-order valence-electron chi connectivity index (χ3n) is 2.38. The Kier molecular flexibility index (Phi) is 2.08. The Hall–Kier alpha value is -0.540. The van der Waals surface area contributed by atoms with E-state index < -0.39 is 5.60 Å². The van der Waals surface area contributed by atoms with E-state index in [4.69, 9.17) is 5.11 Å². The molecule has 1 fully saturated rings. The first-order valence-corrected chi connectivity index (χ1v) is 5.08. The zero-order chi connectivity index (χ0) is 9.47. The highest BCUT2D eigenvalue weighted by Crippen LogP contribution is 2.39. The molecule has 0 bridgehead atoms. The molecule has 1 aromatic rings. The largest absolute Gasteiger partial charge is 0.508 e. The molecular formula is C10H11BrO2. The third-order valence-corrected chi connectivity index (χ3v) is 3.12. The zero-order valence-electron chi connectivity index (χ0n) is 7.13. The van der Waals surface area contributed by atoms with E-state index in [1.807, 2.05) is 6.07 Å². The smallest absolute Gasteiger partial charge is 0.116 e. The first-order valence-electron chi connectivity index (χ1n) is 4.29. The molecule has 2 nitrogen and oxygen atoms in total. The number of aliphatic hydroxyl groups is 1. The highest BCUT2D eigenvalue weighted by Gasteiger charge is 2.40. The van der Waals surface area contributed by atoms with Crippen LogP contribution in [0.25, 0.3) is 0 Å². The van der Waals surface area contributed by atoms with Crippen LogP contribution >= 0.6 is 15.9 Å². The molecule has 0 aromatic heterocycles. The summed E-state index contributed by atoms with van der Waals surface area (Å²) in [6.45, 7) is 0. The molecule has 0 atom stereocenters.